The fourth-order valence-electron chi connectivity index (χ4n) is 1.12. The normalized spacial score (nSPS) is 10.7. The van der Waals surface area contributed by atoms with Gasteiger partial charge in [-0.2, -0.15) is 0 Å². The molecule has 0 aliphatic heterocycles. The number of anilines is 1. The Morgan fingerprint density at radius 3 is 2.75 bits per heavy atom. The van der Waals surface area contributed by atoms with Gasteiger partial charge in [-0.25, -0.2) is 4.98 Å². The number of pyridine rings is 1. The van der Waals surface area contributed by atoms with E-state index < -0.39 is 0 Å². The van der Waals surface area contributed by atoms with Gasteiger partial charge in [0.05, 0.1) is 21.2 Å². The predicted molar refractivity (Wildman–Crippen MR) is 66.2 cm³/mol. The number of aromatic nitrogens is 1. The minimum Gasteiger partial charge on any atom is -0.468 e. The molecule has 0 fully saturated rings. The molecule has 0 saturated heterocycles. The van der Waals surface area contributed by atoms with Gasteiger partial charge in [-0.05, 0) is 19.1 Å². The maximum absolute atomic E-state index is 6.02. The molecule has 3 nitrogen and oxygen atoms in total. The highest BCUT2D eigenvalue weighted by Gasteiger charge is 2.11. The van der Waals surface area contributed by atoms with Crippen molar-refractivity contribution in [3.05, 3.63) is 34.2 Å². The third-order valence-electron chi connectivity index (χ3n) is 1.94. The van der Waals surface area contributed by atoms with Gasteiger partial charge >= 0.3 is 0 Å². The quantitative estimate of drug-likeness (QED) is 0.899. The van der Waals surface area contributed by atoms with Gasteiger partial charge in [0.25, 0.3) is 0 Å². The average Bonchev–Trinajstić information content (AvgIpc) is 2.61. The van der Waals surface area contributed by atoms with Gasteiger partial charge in [0, 0.05) is 0 Å². The molecule has 0 amide bonds. The zero-order valence-electron chi connectivity index (χ0n) is 8.33. The summed E-state index contributed by atoms with van der Waals surface area (Å²) in [6, 6.07) is 3.44. The molecule has 16 heavy (non-hydrogen) atoms. The van der Waals surface area contributed by atoms with Crippen molar-refractivity contribution in [1.29, 1.82) is 0 Å². The molecule has 0 radical (unpaired) electrons. The number of hydrogen-bond donors (Lipinski definition) is 1. The first-order valence-electron chi connectivity index (χ1n) is 4.41. The van der Waals surface area contributed by atoms with Crippen molar-refractivity contribution >= 4 is 40.8 Å². The van der Waals surface area contributed by atoms with Gasteiger partial charge in [-0.3, -0.25) is 0 Å². The van der Waals surface area contributed by atoms with Crippen LogP contribution in [0.2, 0.25) is 10.0 Å². The van der Waals surface area contributed by atoms with E-state index in [0.29, 0.717) is 15.1 Å². The lowest BCUT2D eigenvalue weighted by Gasteiger charge is -2.04. The maximum atomic E-state index is 6.02. The first-order valence-corrected chi connectivity index (χ1v) is 5.98. The van der Waals surface area contributed by atoms with Crippen LogP contribution in [0.4, 0.5) is 5.82 Å². The molecule has 84 valence electrons. The molecule has 0 unspecified atom stereocenters. The van der Waals surface area contributed by atoms with E-state index in [4.69, 9.17) is 33.4 Å². The molecule has 6 heteroatoms. The van der Waals surface area contributed by atoms with E-state index in [9.17, 15) is 0 Å². The van der Waals surface area contributed by atoms with E-state index in [1.165, 1.54) is 11.8 Å². The molecular weight excluding hydrogens is 267 g/mol. The summed E-state index contributed by atoms with van der Waals surface area (Å²) < 4.78 is 5.18. The smallest absolute Gasteiger partial charge is 0.143 e. The van der Waals surface area contributed by atoms with E-state index in [0.717, 1.165) is 10.7 Å². The van der Waals surface area contributed by atoms with Gasteiger partial charge in [-0.1, -0.05) is 35.0 Å². The lowest BCUT2D eigenvalue weighted by atomic mass is 10.5. The summed E-state index contributed by atoms with van der Waals surface area (Å²) in [6.45, 7) is 1.87. The lowest BCUT2D eigenvalue weighted by Crippen LogP contribution is -1.93. The van der Waals surface area contributed by atoms with Crippen molar-refractivity contribution in [2.24, 2.45) is 0 Å². The summed E-state index contributed by atoms with van der Waals surface area (Å²) in [5.41, 5.74) is 5.62. The molecule has 2 rings (SSSR count). The zero-order chi connectivity index (χ0) is 11.7. The summed E-state index contributed by atoms with van der Waals surface area (Å²) >= 11 is 13.2. The Labute approximate surface area is 107 Å². The molecule has 2 heterocycles. The third kappa shape index (κ3) is 2.29. The summed E-state index contributed by atoms with van der Waals surface area (Å²) in [6.07, 6.45) is 1.62. The number of furan rings is 1. The molecule has 0 atom stereocenters. The Balaban J connectivity index is 2.35. The van der Waals surface area contributed by atoms with Gasteiger partial charge in [0.15, 0.2) is 0 Å². The lowest BCUT2D eigenvalue weighted by molar-refractivity contribution is 0.527. The number of aryl methyl sites for hydroxylation is 1. The number of halogens is 2. The van der Waals surface area contributed by atoms with Gasteiger partial charge in [0.2, 0.25) is 0 Å². The fourth-order valence-corrected chi connectivity index (χ4v) is 2.42. The zero-order valence-corrected chi connectivity index (χ0v) is 10.7. The summed E-state index contributed by atoms with van der Waals surface area (Å²) in [7, 11) is 0. The minimum atomic E-state index is 0.273. The number of nitrogens with two attached hydrogens (primary N) is 1. The van der Waals surface area contributed by atoms with Crippen LogP contribution in [0.5, 0.6) is 0 Å². The van der Waals surface area contributed by atoms with Crippen molar-refractivity contribution in [3.63, 3.8) is 0 Å². The number of nitrogen functional groups attached to an aromatic ring is 1. The predicted octanol–water partition coefficient (Wildman–Crippen LogP) is 4.02. The maximum Gasteiger partial charge on any atom is 0.143 e. The van der Waals surface area contributed by atoms with Crippen molar-refractivity contribution in [2.45, 2.75) is 16.8 Å². The standard InChI is InChI=1S/C10H8Cl2N2OS/c1-5-8(2-3-15-5)16-10-7(12)4-6(11)9(13)14-10/h2-4H,1H3,(H2,13,14). The van der Waals surface area contributed by atoms with E-state index in [1.807, 2.05) is 13.0 Å². The van der Waals surface area contributed by atoms with Crippen LogP contribution >= 0.6 is 35.0 Å². The van der Waals surface area contributed by atoms with Gasteiger partial charge < -0.3 is 10.2 Å². The summed E-state index contributed by atoms with van der Waals surface area (Å²) in [5, 5.41) is 1.45. The molecule has 0 aromatic carbocycles. The first kappa shape index (κ1) is 11.6. The second-order valence-electron chi connectivity index (χ2n) is 3.09. The Hall–Kier alpha value is -0.840. The van der Waals surface area contributed by atoms with Crippen LogP contribution in [-0.4, -0.2) is 4.98 Å². The molecule has 2 aromatic rings. The molecule has 0 bridgehead atoms. The van der Waals surface area contributed by atoms with Crippen molar-refractivity contribution < 1.29 is 4.42 Å². The first-order chi connectivity index (χ1) is 7.58. The summed E-state index contributed by atoms with van der Waals surface area (Å²) in [4.78, 5) is 5.08. The van der Waals surface area contributed by atoms with Crippen LogP contribution < -0.4 is 5.73 Å². The molecule has 2 aromatic heterocycles. The number of nitrogens with zero attached hydrogens (tertiary/aromatic N) is 1. The SMILES string of the molecule is Cc1occc1Sc1nc(N)c(Cl)cc1Cl. The molecule has 0 spiro atoms. The van der Waals surface area contributed by atoms with E-state index in [-0.39, 0.29) is 5.82 Å². The molecular formula is C10H8Cl2N2OS. The van der Waals surface area contributed by atoms with Crippen molar-refractivity contribution in [3.8, 4) is 0 Å². The van der Waals surface area contributed by atoms with E-state index in [2.05, 4.69) is 4.98 Å². The van der Waals surface area contributed by atoms with Crippen LogP contribution in [0.3, 0.4) is 0 Å². The minimum absolute atomic E-state index is 0.273. The topological polar surface area (TPSA) is 52.0 Å². The Kier molecular flexibility index (Phi) is 3.33. The van der Waals surface area contributed by atoms with Crippen molar-refractivity contribution in [1.82, 2.24) is 4.98 Å². The van der Waals surface area contributed by atoms with Crippen LogP contribution in [0.25, 0.3) is 0 Å². The molecule has 0 aliphatic carbocycles. The Morgan fingerprint density at radius 2 is 2.12 bits per heavy atom. The Bertz CT molecular complexity index is 528. The number of rotatable bonds is 2. The highest BCUT2D eigenvalue weighted by Crippen LogP contribution is 2.36. The van der Waals surface area contributed by atoms with E-state index in [1.54, 1.807) is 12.3 Å². The largest absolute Gasteiger partial charge is 0.468 e. The second kappa shape index (κ2) is 4.57. The fraction of sp³-hybridized carbons (Fsp3) is 0.100. The van der Waals surface area contributed by atoms with Crippen LogP contribution in [0, 0.1) is 6.92 Å². The van der Waals surface area contributed by atoms with Crippen LogP contribution in [0.1, 0.15) is 5.76 Å². The highest BCUT2D eigenvalue weighted by atomic mass is 35.5. The van der Waals surface area contributed by atoms with Gasteiger partial charge in [-0.15, -0.1) is 0 Å². The monoisotopic (exact) mass is 274 g/mol. The molecule has 2 N–H and O–H groups in total. The molecule has 0 saturated carbocycles. The highest BCUT2D eigenvalue weighted by molar-refractivity contribution is 7.99. The van der Waals surface area contributed by atoms with Gasteiger partial charge in [0.1, 0.15) is 16.6 Å². The average molecular weight is 275 g/mol. The van der Waals surface area contributed by atoms with Crippen LogP contribution in [0.15, 0.2) is 32.7 Å². The molecule has 0 aliphatic rings. The Morgan fingerprint density at radius 1 is 1.38 bits per heavy atom. The summed E-state index contributed by atoms with van der Waals surface area (Å²) in [5.74, 6) is 1.09. The van der Waals surface area contributed by atoms with E-state index >= 15 is 0 Å². The number of hydrogen-bond acceptors (Lipinski definition) is 4. The second-order valence-corrected chi connectivity index (χ2v) is 4.93. The van der Waals surface area contributed by atoms with Crippen LogP contribution in [-0.2, 0) is 0 Å². The van der Waals surface area contributed by atoms with Crippen molar-refractivity contribution in [2.75, 3.05) is 5.73 Å². The third-order valence-corrected chi connectivity index (χ3v) is 3.79.